The lowest BCUT2D eigenvalue weighted by molar-refractivity contribution is -0.384. The molecule has 1 atom stereocenters. The first kappa shape index (κ1) is 15.8. The lowest BCUT2D eigenvalue weighted by Crippen LogP contribution is -2.37. The lowest BCUT2D eigenvalue weighted by Gasteiger charge is -2.26. The minimum absolute atomic E-state index is 0.0452. The Hall–Kier alpha value is -3.09. The van der Waals surface area contributed by atoms with E-state index in [0.717, 1.165) is 23.3 Å². The van der Waals surface area contributed by atoms with Crippen LogP contribution in [0, 0.1) is 10.1 Å². The molecule has 0 aliphatic carbocycles. The number of benzene rings is 2. The Morgan fingerprint density at radius 3 is 3.00 bits per heavy atom. The predicted octanol–water partition coefficient (Wildman–Crippen LogP) is 2.52. The van der Waals surface area contributed by atoms with Gasteiger partial charge in [-0.25, -0.2) is 4.99 Å². The largest absolute Gasteiger partial charge is 0.493 e. The van der Waals surface area contributed by atoms with Gasteiger partial charge in [0.2, 0.25) is 0 Å². The number of guanidine groups is 1. The number of non-ortho nitro benzene ring substituents is 1. The predicted molar refractivity (Wildman–Crippen MR) is 90.9 cm³/mol. The summed E-state index contributed by atoms with van der Waals surface area (Å²) >= 11 is 0. The van der Waals surface area contributed by atoms with Gasteiger partial charge in [0.25, 0.3) is 5.69 Å². The minimum atomic E-state index is -0.423. The van der Waals surface area contributed by atoms with E-state index in [-0.39, 0.29) is 18.3 Å². The highest BCUT2D eigenvalue weighted by Gasteiger charge is 2.21. The van der Waals surface area contributed by atoms with Gasteiger partial charge in [0, 0.05) is 24.1 Å². The van der Waals surface area contributed by atoms with Gasteiger partial charge in [-0.15, -0.1) is 0 Å². The van der Waals surface area contributed by atoms with Crippen LogP contribution in [0.4, 0.5) is 5.69 Å². The van der Waals surface area contributed by atoms with Crippen LogP contribution in [0.3, 0.4) is 0 Å². The average molecular weight is 326 g/mol. The first-order valence-electron chi connectivity index (χ1n) is 7.65. The van der Waals surface area contributed by atoms with Gasteiger partial charge in [-0.1, -0.05) is 30.3 Å². The molecule has 1 unspecified atom stereocenters. The second-order valence-corrected chi connectivity index (χ2v) is 5.50. The summed E-state index contributed by atoms with van der Waals surface area (Å²) < 4.78 is 5.62. The van der Waals surface area contributed by atoms with Crippen molar-refractivity contribution in [3.05, 3.63) is 69.8 Å². The van der Waals surface area contributed by atoms with Crippen LogP contribution in [0.5, 0.6) is 5.75 Å². The van der Waals surface area contributed by atoms with E-state index in [1.807, 2.05) is 24.3 Å². The second kappa shape index (κ2) is 6.99. The Labute approximate surface area is 139 Å². The highest BCUT2D eigenvalue weighted by Crippen LogP contribution is 2.31. The Bertz CT molecular complexity index is 776. The molecule has 0 radical (unpaired) electrons. The third kappa shape index (κ3) is 3.62. The maximum Gasteiger partial charge on any atom is 0.269 e. The van der Waals surface area contributed by atoms with E-state index in [1.54, 1.807) is 12.1 Å². The van der Waals surface area contributed by atoms with E-state index < -0.39 is 4.92 Å². The normalized spacial score (nSPS) is 16.8. The van der Waals surface area contributed by atoms with Crippen molar-refractivity contribution < 1.29 is 9.66 Å². The van der Waals surface area contributed by atoms with Crippen molar-refractivity contribution in [1.82, 2.24) is 5.32 Å². The lowest BCUT2D eigenvalue weighted by atomic mass is 10.0. The summed E-state index contributed by atoms with van der Waals surface area (Å²) in [5.41, 5.74) is 7.81. The molecule has 0 amide bonds. The van der Waals surface area contributed by atoms with Crippen LogP contribution in [0.25, 0.3) is 0 Å². The molecule has 2 aromatic carbocycles. The summed E-state index contributed by atoms with van der Waals surface area (Å²) in [7, 11) is 0. The van der Waals surface area contributed by atoms with Crippen molar-refractivity contribution in [2.24, 2.45) is 10.7 Å². The Kier molecular flexibility index (Phi) is 4.60. The van der Waals surface area contributed by atoms with Crippen LogP contribution in [0.1, 0.15) is 23.6 Å². The molecule has 0 spiro atoms. The summed E-state index contributed by atoms with van der Waals surface area (Å²) in [5.74, 6) is 1.16. The molecule has 0 fully saturated rings. The van der Waals surface area contributed by atoms with Crippen molar-refractivity contribution in [3.63, 3.8) is 0 Å². The fourth-order valence-corrected chi connectivity index (χ4v) is 2.66. The zero-order valence-corrected chi connectivity index (χ0v) is 13.0. The molecule has 3 rings (SSSR count). The van der Waals surface area contributed by atoms with Crippen molar-refractivity contribution in [2.45, 2.75) is 19.0 Å². The summed E-state index contributed by atoms with van der Waals surface area (Å²) in [4.78, 5) is 14.7. The van der Waals surface area contributed by atoms with Crippen molar-refractivity contribution in [3.8, 4) is 5.75 Å². The van der Waals surface area contributed by atoms with Gasteiger partial charge >= 0.3 is 0 Å². The molecule has 3 N–H and O–H groups in total. The number of nitrogens with one attached hydrogen (secondary N) is 1. The molecule has 0 saturated carbocycles. The Balaban J connectivity index is 1.67. The minimum Gasteiger partial charge on any atom is -0.493 e. The van der Waals surface area contributed by atoms with Crippen LogP contribution in [-0.2, 0) is 6.54 Å². The zero-order valence-electron chi connectivity index (χ0n) is 13.0. The smallest absolute Gasteiger partial charge is 0.269 e. The van der Waals surface area contributed by atoms with Crippen LogP contribution >= 0.6 is 0 Å². The van der Waals surface area contributed by atoms with Gasteiger partial charge in [-0.3, -0.25) is 10.1 Å². The molecule has 1 heterocycles. The molecule has 1 aliphatic heterocycles. The number of hydrogen-bond donors (Lipinski definition) is 2. The van der Waals surface area contributed by atoms with Crippen molar-refractivity contribution in [2.75, 3.05) is 6.61 Å². The molecule has 2 aromatic rings. The quantitative estimate of drug-likeness (QED) is 0.389. The summed E-state index contributed by atoms with van der Waals surface area (Å²) in [6, 6.07) is 14.2. The van der Waals surface area contributed by atoms with Gasteiger partial charge < -0.3 is 15.8 Å². The molecule has 0 aromatic heterocycles. The van der Waals surface area contributed by atoms with Gasteiger partial charge in [0.05, 0.1) is 24.1 Å². The maximum absolute atomic E-state index is 10.8. The number of aliphatic imine (C=N–C) groups is 1. The topological polar surface area (TPSA) is 103 Å². The molecule has 1 aliphatic rings. The van der Waals surface area contributed by atoms with Gasteiger partial charge in [0.15, 0.2) is 5.96 Å². The number of nitro groups is 1. The monoisotopic (exact) mass is 326 g/mol. The number of rotatable bonds is 4. The standard InChI is InChI=1S/C17H18N4O3/c18-17(19-11-12-4-3-5-13(10-12)21(22)23)20-15-8-9-24-16-7-2-1-6-14(15)16/h1-7,10,15H,8-9,11H2,(H3,18,19,20). The molecule has 7 nitrogen and oxygen atoms in total. The number of ether oxygens (including phenoxy) is 1. The Morgan fingerprint density at radius 2 is 2.17 bits per heavy atom. The third-order valence-corrected chi connectivity index (χ3v) is 3.83. The molecule has 24 heavy (non-hydrogen) atoms. The van der Waals surface area contributed by atoms with Crippen LogP contribution in [0.15, 0.2) is 53.5 Å². The highest BCUT2D eigenvalue weighted by molar-refractivity contribution is 5.78. The fraction of sp³-hybridized carbons (Fsp3) is 0.235. The first-order valence-corrected chi connectivity index (χ1v) is 7.65. The van der Waals surface area contributed by atoms with Gasteiger partial charge in [-0.05, 0) is 11.6 Å². The number of nitrogens with zero attached hydrogens (tertiary/aromatic N) is 2. The van der Waals surface area contributed by atoms with Crippen LogP contribution in [0.2, 0.25) is 0 Å². The van der Waals surface area contributed by atoms with E-state index in [1.165, 1.54) is 12.1 Å². The van der Waals surface area contributed by atoms with E-state index in [0.29, 0.717) is 12.6 Å². The summed E-state index contributed by atoms with van der Waals surface area (Å²) in [6.45, 7) is 0.901. The molecule has 7 heteroatoms. The SMILES string of the molecule is NC(=NCc1cccc([N+](=O)[O-])c1)NC1CCOc2ccccc21. The molecular weight excluding hydrogens is 308 g/mol. The van der Waals surface area contributed by atoms with E-state index in [9.17, 15) is 10.1 Å². The van der Waals surface area contributed by atoms with Gasteiger partial charge in [-0.2, -0.15) is 0 Å². The third-order valence-electron chi connectivity index (χ3n) is 3.83. The summed E-state index contributed by atoms with van der Waals surface area (Å²) in [6.07, 6.45) is 0.796. The number of nitrogens with two attached hydrogens (primary N) is 1. The average Bonchev–Trinajstić information content (AvgIpc) is 2.60. The number of nitro benzene ring substituents is 1. The highest BCUT2D eigenvalue weighted by atomic mass is 16.6. The van der Waals surface area contributed by atoms with Crippen LogP contribution in [-0.4, -0.2) is 17.5 Å². The number of fused-ring (bicyclic) bond motifs is 1. The molecule has 0 bridgehead atoms. The Morgan fingerprint density at radius 1 is 1.33 bits per heavy atom. The van der Waals surface area contributed by atoms with Crippen molar-refractivity contribution >= 4 is 11.6 Å². The first-order chi connectivity index (χ1) is 11.6. The molecule has 124 valence electrons. The van der Waals surface area contributed by atoms with E-state index in [2.05, 4.69) is 10.3 Å². The van der Waals surface area contributed by atoms with Crippen LogP contribution < -0.4 is 15.8 Å². The van der Waals surface area contributed by atoms with E-state index >= 15 is 0 Å². The van der Waals surface area contributed by atoms with Crippen molar-refractivity contribution in [1.29, 1.82) is 0 Å². The summed E-state index contributed by atoms with van der Waals surface area (Å²) in [5, 5.41) is 14.0. The molecule has 0 saturated heterocycles. The fourth-order valence-electron chi connectivity index (χ4n) is 2.66. The second-order valence-electron chi connectivity index (χ2n) is 5.50. The molecular formula is C17H18N4O3. The maximum atomic E-state index is 10.8. The number of hydrogen-bond acceptors (Lipinski definition) is 4. The van der Waals surface area contributed by atoms with Gasteiger partial charge in [0.1, 0.15) is 5.75 Å². The van der Waals surface area contributed by atoms with E-state index in [4.69, 9.17) is 10.5 Å². The zero-order chi connectivity index (χ0) is 16.9. The number of para-hydroxylation sites is 1.